The summed E-state index contributed by atoms with van der Waals surface area (Å²) in [4.78, 5) is 56.5. The van der Waals surface area contributed by atoms with E-state index >= 15 is 0 Å². The zero-order valence-electron chi connectivity index (χ0n) is 24.8. The second-order valence-electron chi connectivity index (χ2n) is 12.3. The highest BCUT2D eigenvalue weighted by molar-refractivity contribution is 6.03. The fraction of sp³-hybridized carbons (Fsp3) is 0.394. The van der Waals surface area contributed by atoms with Crippen LogP contribution in [-0.4, -0.2) is 71.4 Å². The normalized spacial score (nSPS) is 20.4. The molecule has 0 spiro atoms. The van der Waals surface area contributed by atoms with Crippen molar-refractivity contribution < 1.29 is 23.9 Å². The maximum atomic E-state index is 13.9. The minimum absolute atomic E-state index is 0.0802. The second kappa shape index (κ2) is 12.4. The molecule has 5 rings (SSSR count). The molecule has 10 nitrogen and oxygen atoms in total. The Morgan fingerprint density at radius 2 is 1.65 bits per heavy atom. The molecule has 3 aromatic rings. The summed E-state index contributed by atoms with van der Waals surface area (Å²) in [6, 6.07) is 21.0. The van der Waals surface area contributed by atoms with Crippen LogP contribution in [-0.2, 0) is 25.7 Å². The summed E-state index contributed by atoms with van der Waals surface area (Å²) in [7, 11) is 0. The van der Waals surface area contributed by atoms with Gasteiger partial charge in [0, 0.05) is 24.2 Å². The van der Waals surface area contributed by atoms with Gasteiger partial charge in [-0.3, -0.25) is 14.4 Å². The largest absolute Gasteiger partial charge is 0.445 e. The second-order valence-corrected chi connectivity index (χ2v) is 12.3. The van der Waals surface area contributed by atoms with E-state index in [2.05, 4.69) is 10.6 Å². The Kier molecular flexibility index (Phi) is 8.68. The van der Waals surface area contributed by atoms with Gasteiger partial charge in [0.1, 0.15) is 13.2 Å². The lowest BCUT2D eigenvalue weighted by Crippen LogP contribution is -2.55. The topological polar surface area (TPSA) is 134 Å². The van der Waals surface area contributed by atoms with Crippen molar-refractivity contribution >= 4 is 40.3 Å². The van der Waals surface area contributed by atoms with E-state index in [1.54, 1.807) is 9.80 Å². The first kappa shape index (κ1) is 30.0. The van der Waals surface area contributed by atoms with E-state index in [1.165, 1.54) is 0 Å². The zero-order chi connectivity index (χ0) is 30.7. The predicted molar refractivity (Wildman–Crippen MR) is 164 cm³/mol. The molecule has 0 aliphatic carbocycles. The summed E-state index contributed by atoms with van der Waals surface area (Å²) in [6.45, 7) is 6.00. The molecule has 2 aliphatic rings. The average Bonchev–Trinajstić information content (AvgIpc) is 3.59. The van der Waals surface area contributed by atoms with Crippen LogP contribution in [0.4, 0.5) is 10.5 Å². The molecule has 0 saturated carbocycles. The van der Waals surface area contributed by atoms with Crippen molar-refractivity contribution in [2.45, 2.75) is 51.9 Å². The molecular formula is C33H39N5O5. The van der Waals surface area contributed by atoms with Gasteiger partial charge >= 0.3 is 6.09 Å². The maximum absolute atomic E-state index is 13.9. The number of benzene rings is 3. The van der Waals surface area contributed by atoms with Gasteiger partial charge in [-0.25, -0.2) is 4.79 Å². The Labute approximate surface area is 251 Å². The van der Waals surface area contributed by atoms with Crippen LogP contribution >= 0.6 is 0 Å². The zero-order valence-corrected chi connectivity index (χ0v) is 24.8. The third kappa shape index (κ3) is 6.49. The van der Waals surface area contributed by atoms with Crippen molar-refractivity contribution in [3.05, 3.63) is 78.4 Å². The highest BCUT2D eigenvalue weighted by Crippen LogP contribution is 2.38. The lowest BCUT2D eigenvalue weighted by atomic mass is 9.86. The number of hydrogen-bond acceptors (Lipinski definition) is 6. The van der Waals surface area contributed by atoms with Gasteiger partial charge in [0.15, 0.2) is 0 Å². The van der Waals surface area contributed by atoms with E-state index in [-0.39, 0.29) is 43.5 Å². The van der Waals surface area contributed by atoms with E-state index < -0.39 is 29.5 Å². The van der Waals surface area contributed by atoms with Gasteiger partial charge < -0.3 is 30.9 Å². The number of carbonyl (C=O) groups excluding carboxylic acids is 4. The molecule has 0 aromatic heterocycles. The van der Waals surface area contributed by atoms with Gasteiger partial charge in [-0.05, 0) is 28.9 Å². The van der Waals surface area contributed by atoms with Crippen LogP contribution < -0.4 is 16.4 Å². The quantitative estimate of drug-likeness (QED) is 0.389. The van der Waals surface area contributed by atoms with E-state index in [0.717, 1.165) is 16.3 Å². The Bertz CT molecular complexity index is 1500. The van der Waals surface area contributed by atoms with Crippen molar-refractivity contribution in [2.75, 3.05) is 25.0 Å². The molecule has 43 heavy (non-hydrogen) atoms. The van der Waals surface area contributed by atoms with Crippen LogP contribution in [0.3, 0.4) is 0 Å². The molecule has 4 atom stereocenters. The Morgan fingerprint density at radius 3 is 2.40 bits per heavy atom. The van der Waals surface area contributed by atoms with Crippen LogP contribution in [0.1, 0.15) is 32.8 Å². The molecule has 10 heteroatoms. The number of nitrogens with two attached hydrogens (primary N) is 1. The van der Waals surface area contributed by atoms with Crippen LogP contribution in [0.15, 0.2) is 72.8 Å². The van der Waals surface area contributed by atoms with Crippen molar-refractivity contribution in [3.8, 4) is 0 Å². The summed E-state index contributed by atoms with van der Waals surface area (Å²) < 4.78 is 5.24. The number of rotatable bonds is 7. The summed E-state index contributed by atoms with van der Waals surface area (Å²) in [5, 5.41) is 7.48. The highest BCUT2D eigenvalue weighted by atomic mass is 16.5. The molecule has 4 amide bonds. The third-order valence-corrected chi connectivity index (χ3v) is 8.41. The SMILES string of the molecule is CC(C)(C)C(N)C(=O)N1CC[C@@H]2[C@H]1[C@@H](C(=O)Nc1cccc3ccccc13)CN2C(=O)CNC(=O)OCc1ccccc1. The van der Waals surface area contributed by atoms with E-state index in [4.69, 9.17) is 10.5 Å². The van der Waals surface area contributed by atoms with Gasteiger partial charge in [-0.2, -0.15) is 0 Å². The number of alkyl carbamates (subject to hydrolysis) is 1. The molecule has 4 N–H and O–H groups in total. The first-order valence-corrected chi connectivity index (χ1v) is 14.6. The molecule has 3 aromatic carbocycles. The van der Waals surface area contributed by atoms with Crippen molar-refractivity contribution in [3.63, 3.8) is 0 Å². The lowest BCUT2D eigenvalue weighted by molar-refractivity contribution is -0.137. The molecule has 2 heterocycles. The number of amides is 4. The number of hydrogen-bond donors (Lipinski definition) is 3. The third-order valence-electron chi connectivity index (χ3n) is 8.41. The smallest absolute Gasteiger partial charge is 0.407 e. The van der Waals surface area contributed by atoms with Crippen molar-refractivity contribution in [1.29, 1.82) is 0 Å². The molecular weight excluding hydrogens is 546 g/mol. The number of nitrogens with zero attached hydrogens (tertiary/aromatic N) is 2. The minimum Gasteiger partial charge on any atom is -0.445 e. The number of likely N-dealkylation sites (tertiary alicyclic amines) is 2. The Morgan fingerprint density at radius 1 is 0.953 bits per heavy atom. The summed E-state index contributed by atoms with van der Waals surface area (Å²) >= 11 is 0. The van der Waals surface area contributed by atoms with Gasteiger partial charge in [0.05, 0.1) is 24.0 Å². The van der Waals surface area contributed by atoms with Gasteiger partial charge in [0.25, 0.3) is 0 Å². The Balaban J connectivity index is 1.32. The molecule has 2 saturated heterocycles. The monoisotopic (exact) mass is 585 g/mol. The Hall–Kier alpha value is -4.44. The first-order chi connectivity index (χ1) is 20.5. The van der Waals surface area contributed by atoms with E-state index in [0.29, 0.717) is 18.7 Å². The molecule has 2 fully saturated rings. The average molecular weight is 586 g/mol. The fourth-order valence-corrected chi connectivity index (χ4v) is 5.99. The number of ether oxygens (including phenoxy) is 1. The fourth-order valence-electron chi connectivity index (χ4n) is 5.99. The predicted octanol–water partition coefficient (Wildman–Crippen LogP) is 3.51. The summed E-state index contributed by atoms with van der Waals surface area (Å²) in [6.07, 6.45) is -0.201. The highest BCUT2D eigenvalue weighted by Gasteiger charge is 2.55. The molecule has 0 bridgehead atoms. The summed E-state index contributed by atoms with van der Waals surface area (Å²) in [5.74, 6) is -1.54. The molecule has 1 unspecified atom stereocenters. The van der Waals surface area contributed by atoms with Gasteiger partial charge in [-0.1, -0.05) is 87.5 Å². The van der Waals surface area contributed by atoms with Crippen LogP contribution in [0.5, 0.6) is 0 Å². The first-order valence-electron chi connectivity index (χ1n) is 14.6. The van der Waals surface area contributed by atoms with Crippen LogP contribution in [0.25, 0.3) is 10.8 Å². The van der Waals surface area contributed by atoms with Crippen LogP contribution in [0, 0.1) is 11.3 Å². The number of anilines is 1. The minimum atomic E-state index is -0.765. The van der Waals surface area contributed by atoms with E-state index in [9.17, 15) is 19.2 Å². The number of carbonyl (C=O) groups is 4. The standard InChI is InChI=1S/C33H39N5O5/c1-33(2,3)29(34)31(41)37-17-16-26-28(37)24(30(40)36-25-15-9-13-22-12-7-8-14-23(22)25)19-38(26)27(39)18-35-32(42)43-20-21-10-5-4-6-11-21/h4-15,24,26,28-29H,16-20,34H2,1-3H3,(H,35,42)(H,36,40)/t24-,26+,28+,29?/m0/s1. The maximum Gasteiger partial charge on any atom is 0.407 e. The van der Waals surface area contributed by atoms with E-state index in [1.807, 2.05) is 93.6 Å². The van der Waals surface area contributed by atoms with Gasteiger partial charge in [0.2, 0.25) is 17.7 Å². The molecule has 0 radical (unpaired) electrons. The summed E-state index contributed by atoms with van der Waals surface area (Å²) in [5.41, 5.74) is 7.39. The van der Waals surface area contributed by atoms with Crippen molar-refractivity contribution in [2.24, 2.45) is 17.1 Å². The van der Waals surface area contributed by atoms with Crippen LogP contribution in [0.2, 0.25) is 0 Å². The van der Waals surface area contributed by atoms with Crippen molar-refractivity contribution in [1.82, 2.24) is 15.1 Å². The molecule has 226 valence electrons. The number of nitrogens with one attached hydrogen (secondary N) is 2. The lowest BCUT2D eigenvalue weighted by Gasteiger charge is -2.34. The van der Waals surface area contributed by atoms with Gasteiger partial charge in [-0.15, -0.1) is 0 Å². The molecule has 2 aliphatic heterocycles. The number of fused-ring (bicyclic) bond motifs is 2.